The minimum Gasteiger partial charge on any atom is -0.495 e. The topological polar surface area (TPSA) is 55.4 Å². The first-order valence-electron chi connectivity index (χ1n) is 5.77. The second kappa shape index (κ2) is 5.75. The molecule has 7 heteroatoms. The van der Waals surface area contributed by atoms with Crippen molar-refractivity contribution in [1.82, 2.24) is 0 Å². The number of nitrogens with one attached hydrogen (secondary N) is 1. The lowest BCUT2D eigenvalue weighted by molar-refractivity contribution is 0.416. The van der Waals surface area contributed by atoms with E-state index in [2.05, 4.69) is 20.7 Å². The monoisotopic (exact) mass is 375 g/mol. The zero-order chi connectivity index (χ0) is 14.9. The average molecular weight is 376 g/mol. The number of thiophene rings is 1. The highest BCUT2D eigenvalue weighted by Crippen LogP contribution is 2.33. The Balaban J connectivity index is 2.38. The van der Waals surface area contributed by atoms with Gasteiger partial charge >= 0.3 is 0 Å². The van der Waals surface area contributed by atoms with Crippen molar-refractivity contribution in [1.29, 1.82) is 0 Å². The first kappa shape index (κ1) is 15.3. The highest BCUT2D eigenvalue weighted by atomic mass is 79.9. The second-order valence-corrected chi connectivity index (χ2v) is 8.61. The van der Waals surface area contributed by atoms with Crippen molar-refractivity contribution in [2.75, 3.05) is 11.8 Å². The molecule has 4 nitrogen and oxygen atoms in total. The molecule has 2 rings (SSSR count). The first-order chi connectivity index (χ1) is 9.33. The maximum absolute atomic E-state index is 12.3. The van der Waals surface area contributed by atoms with Gasteiger partial charge in [0.25, 0.3) is 10.0 Å². The Hall–Kier alpha value is -1.05. The number of halogens is 1. The number of benzene rings is 1. The molecule has 108 valence electrons. The number of hydrogen-bond acceptors (Lipinski definition) is 4. The molecule has 0 amide bonds. The van der Waals surface area contributed by atoms with Crippen LogP contribution in [0.3, 0.4) is 0 Å². The number of aryl methyl sites for hydroxylation is 2. The quantitative estimate of drug-likeness (QED) is 0.880. The molecule has 2 aromatic rings. The van der Waals surface area contributed by atoms with Crippen molar-refractivity contribution < 1.29 is 13.2 Å². The van der Waals surface area contributed by atoms with Gasteiger partial charge in [-0.15, -0.1) is 11.3 Å². The largest absolute Gasteiger partial charge is 0.495 e. The molecule has 20 heavy (non-hydrogen) atoms. The predicted molar refractivity (Wildman–Crippen MR) is 85.3 cm³/mol. The molecule has 0 bridgehead atoms. The van der Waals surface area contributed by atoms with Gasteiger partial charge in [-0.3, -0.25) is 4.72 Å². The summed E-state index contributed by atoms with van der Waals surface area (Å²) < 4.78 is 33.5. The van der Waals surface area contributed by atoms with Gasteiger partial charge in [0, 0.05) is 0 Å². The number of methoxy groups -OCH3 is 1. The van der Waals surface area contributed by atoms with Crippen LogP contribution in [0.15, 0.2) is 32.3 Å². The van der Waals surface area contributed by atoms with Crippen LogP contribution in [-0.2, 0) is 10.0 Å². The summed E-state index contributed by atoms with van der Waals surface area (Å²) in [5, 5.41) is 0. The summed E-state index contributed by atoms with van der Waals surface area (Å²) in [5.74, 6) is 0.501. The van der Waals surface area contributed by atoms with Crippen LogP contribution >= 0.6 is 27.3 Å². The van der Waals surface area contributed by atoms with Gasteiger partial charge < -0.3 is 4.74 Å². The van der Waals surface area contributed by atoms with Crippen LogP contribution in [0.4, 0.5) is 5.69 Å². The smallest absolute Gasteiger partial charge is 0.271 e. The van der Waals surface area contributed by atoms with Crippen molar-refractivity contribution in [2.24, 2.45) is 0 Å². The molecule has 0 saturated carbocycles. The maximum Gasteiger partial charge on any atom is 0.271 e. The molecular weight excluding hydrogens is 362 g/mol. The van der Waals surface area contributed by atoms with Crippen molar-refractivity contribution >= 4 is 43.0 Å². The van der Waals surface area contributed by atoms with Gasteiger partial charge in [-0.2, -0.15) is 0 Å². The molecule has 0 aliphatic rings. The van der Waals surface area contributed by atoms with Gasteiger partial charge in [-0.25, -0.2) is 8.42 Å². The van der Waals surface area contributed by atoms with E-state index in [4.69, 9.17) is 4.74 Å². The van der Waals surface area contributed by atoms with Crippen LogP contribution in [0.25, 0.3) is 0 Å². The van der Waals surface area contributed by atoms with E-state index in [1.165, 1.54) is 18.4 Å². The fraction of sp³-hybridized carbons (Fsp3) is 0.231. The fourth-order valence-corrected chi connectivity index (χ4v) is 4.94. The van der Waals surface area contributed by atoms with Crippen LogP contribution < -0.4 is 9.46 Å². The van der Waals surface area contributed by atoms with Crippen molar-refractivity contribution in [3.63, 3.8) is 0 Å². The zero-order valence-corrected chi connectivity index (χ0v) is 14.4. The molecule has 0 saturated heterocycles. The van der Waals surface area contributed by atoms with E-state index in [1.807, 2.05) is 19.9 Å². The van der Waals surface area contributed by atoms with Crippen LogP contribution in [0, 0.1) is 13.8 Å². The van der Waals surface area contributed by atoms with Gasteiger partial charge in [-0.05, 0) is 59.1 Å². The Morgan fingerprint density at radius 3 is 2.50 bits per heavy atom. The zero-order valence-electron chi connectivity index (χ0n) is 11.2. The van der Waals surface area contributed by atoms with E-state index in [-0.39, 0.29) is 4.21 Å². The number of sulfonamides is 1. The van der Waals surface area contributed by atoms with E-state index in [0.29, 0.717) is 11.4 Å². The van der Waals surface area contributed by atoms with E-state index in [0.717, 1.165) is 14.9 Å². The van der Waals surface area contributed by atoms with Gasteiger partial charge in [0.15, 0.2) is 0 Å². The first-order valence-corrected chi connectivity index (χ1v) is 8.86. The fourth-order valence-electron chi connectivity index (χ4n) is 1.64. The van der Waals surface area contributed by atoms with Crippen LogP contribution in [0.1, 0.15) is 11.1 Å². The number of ether oxygens (including phenoxy) is 1. The lowest BCUT2D eigenvalue weighted by atomic mass is 10.2. The molecule has 0 fully saturated rings. The minimum absolute atomic E-state index is 0.268. The average Bonchev–Trinajstić information content (AvgIpc) is 2.72. The normalized spacial score (nSPS) is 11.4. The Morgan fingerprint density at radius 1 is 1.25 bits per heavy atom. The Bertz CT molecular complexity index is 719. The molecule has 0 aliphatic carbocycles. The summed E-state index contributed by atoms with van der Waals surface area (Å²) in [6.07, 6.45) is 0. The van der Waals surface area contributed by atoms with Gasteiger partial charge in [-0.1, -0.05) is 6.07 Å². The molecule has 1 heterocycles. The van der Waals surface area contributed by atoms with Gasteiger partial charge in [0.2, 0.25) is 0 Å². The van der Waals surface area contributed by atoms with Crippen LogP contribution in [-0.4, -0.2) is 15.5 Å². The Labute approximate surface area is 131 Å². The van der Waals surface area contributed by atoms with E-state index < -0.39 is 10.0 Å². The third kappa shape index (κ3) is 3.16. The molecular formula is C13H14BrNO3S2. The van der Waals surface area contributed by atoms with Crippen molar-refractivity contribution in [3.8, 4) is 5.75 Å². The summed E-state index contributed by atoms with van der Waals surface area (Å²) in [6, 6.07) is 6.95. The van der Waals surface area contributed by atoms with Crippen LogP contribution in [0.5, 0.6) is 5.75 Å². The molecule has 0 radical (unpaired) electrons. The summed E-state index contributed by atoms with van der Waals surface area (Å²) in [7, 11) is -2.09. The van der Waals surface area contributed by atoms with Gasteiger partial charge in [0.05, 0.1) is 16.6 Å². The van der Waals surface area contributed by atoms with E-state index in [1.54, 1.807) is 18.2 Å². The third-order valence-corrected chi connectivity index (χ3v) is 6.68. The highest BCUT2D eigenvalue weighted by Gasteiger charge is 2.20. The maximum atomic E-state index is 12.3. The lowest BCUT2D eigenvalue weighted by Crippen LogP contribution is -2.12. The molecule has 1 N–H and O–H groups in total. The number of anilines is 1. The minimum atomic E-state index is -3.60. The highest BCUT2D eigenvalue weighted by molar-refractivity contribution is 9.11. The van der Waals surface area contributed by atoms with Crippen LogP contribution in [0.2, 0.25) is 0 Å². The second-order valence-electron chi connectivity index (χ2n) is 4.33. The molecule has 0 aliphatic heterocycles. The Morgan fingerprint density at radius 2 is 1.95 bits per heavy atom. The molecule has 0 spiro atoms. The summed E-state index contributed by atoms with van der Waals surface area (Å²) in [5.41, 5.74) is 2.33. The molecule has 0 unspecified atom stereocenters. The van der Waals surface area contributed by atoms with Crippen molar-refractivity contribution in [3.05, 3.63) is 39.2 Å². The van der Waals surface area contributed by atoms with E-state index >= 15 is 0 Å². The molecule has 0 atom stereocenters. The molecule has 1 aromatic carbocycles. The van der Waals surface area contributed by atoms with Crippen molar-refractivity contribution in [2.45, 2.75) is 18.1 Å². The summed E-state index contributed by atoms with van der Waals surface area (Å²) in [6.45, 7) is 3.77. The standard InChI is InChI=1S/C13H14BrNO3S2/c1-8-4-5-10(11(6-8)18-3)15-20(16,17)12-7-9(2)13(14)19-12/h4-7,15H,1-3H3. The third-order valence-electron chi connectivity index (χ3n) is 2.70. The number of hydrogen-bond donors (Lipinski definition) is 1. The molecule has 1 aromatic heterocycles. The van der Waals surface area contributed by atoms with Gasteiger partial charge in [0.1, 0.15) is 9.96 Å². The lowest BCUT2D eigenvalue weighted by Gasteiger charge is -2.11. The Kier molecular flexibility index (Phi) is 4.41. The number of rotatable bonds is 4. The van der Waals surface area contributed by atoms with E-state index in [9.17, 15) is 8.42 Å². The summed E-state index contributed by atoms with van der Waals surface area (Å²) >= 11 is 4.52. The SMILES string of the molecule is COc1cc(C)ccc1NS(=O)(=O)c1cc(C)c(Br)s1. The summed E-state index contributed by atoms with van der Waals surface area (Å²) in [4.78, 5) is 0. The predicted octanol–water partition coefficient (Wildman–Crippen LogP) is 3.94.